The Morgan fingerprint density at radius 3 is 2.23 bits per heavy atom. The van der Waals surface area contributed by atoms with E-state index in [2.05, 4.69) is 20.6 Å². The second kappa shape index (κ2) is 8.27. The molecule has 26 heavy (non-hydrogen) atoms. The van der Waals surface area contributed by atoms with Crippen molar-refractivity contribution in [2.45, 2.75) is 47.1 Å². The highest BCUT2D eigenvalue weighted by Crippen LogP contribution is 2.21. The van der Waals surface area contributed by atoms with Crippen LogP contribution in [0, 0.1) is 20.8 Å². The molecule has 0 spiro atoms. The Hall–Kier alpha value is -2.47. The number of nitrogens with zero attached hydrogens (tertiary/aromatic N) is 2. The van der Waals surface area contributed by atoms with Crippen LogP contribution in [0.2, 0.25) is 5.02 Å². The normalized spacial score (nSPS) is 11.8. The number of rotatable bonds is 5. The van der Waals surface area contributed by atoms with Crippen LogP contribution >= 0.6 is 11.6 Å². The maximum absolute atomic E-state index is 12.8. The summed E-state index contributed by atoms with van der Waals surface area (Å²) < 4.78 is 0. The predicted octanol–water partition coefficient (Wildman–Crippen LogP) is 3.84. The minimum atomic E-state index is -0.500. The van der Waals surface area contributed by atoms with Crippen LogP contribution < -0.4 is 10.6 Å². The van der Waals surface area contributed by atoms with Gasteiger partial charge < -0.3 is 10.6 Å². The zero-order valence-electron chi connectivity index (χ0n) is 15.6. The highest BCUT2D eigenvalue weighted by molar-refractivity contribution is 6.31. The van der Waals surface area contributed by atoms with Crippen molar-refractivity contribution >= 4 is 29.1 Å². The number of anilines is 1. The second-order valence-corrected chi connectivity index (χ2v) is 6.72. The number of aryl methyl sites for hydroxylation is 3. The maximum atomic E-state index is 12.8. The van der Waals surface area contributed by atoms with Crippen LogP contribution in [0.15, 0.2) is 18.2 Å². The number of nitrogens with one attached hydrogen (secondary N) is 2. The summed E-state index contributed by atoms with van der Waals surface area (Å²) >= 11 is 6.00. The SMILES string of the molecule is CC[C@H](C)NC(=O)c1nc(C)c(C)nc1C(=O)Nc1cc(Cl)ccc1C. The van der Waals surface area contributed by atoms with E-state index in [-0.39, 0.29) is 17.4 Å². The smallest absolute Gasteiger partial charge is 0.276 e. The summed E-state index contributed by atoms with van der Waals surface area (Å²) in [5.74, 6) is -0.914. The third kappa shape index (κ3) is 4.58. The Kier molecular flexibility index (Phi) is 6.32. The third-order valence-electron chi connectivity index (χ3n) is 4.17. The first-order valence-corrected chi connectivity index (χ1v) is 8.84. The molecule has 0 unspecified atom stereocenters. The lowest BCUT2D eigenvalue weighted by Gasteiger charge is -2.15. The lowest BCUT2D eigenvalue weighted by Crippen LogP contribution is -2.35. The molecule has 138 valence electrons. The first-order valence-electron chi connectivity index (χ1n) is 8.46. The lowest BCUT2D eigenvalue weighted by atomic mass is 10.1. The summed E-state index contributed by atoms with van der Waals surface area (Å²) in [5.41, 5.74) is 2.63. The van der Waals surface area contributed by atoms with E-state index in [1.54, 1.807) is 32.0 Å². The molecule has 2 N–H and O–H groups in total. The molecule has 2 rings (SSSR count). The molecule has 0 aliphatic heterocycles. The van der Waals surface area contributed by atoms with E-state index in [1.165, 1.54) is 0 Å². The van der Waals surface area contributed by atoms with Crippen molar-refractivity contribution in [1.29, 1.82) is 0 Å². The molecule has 0 saturated heterocycles. The summed E-state index contributed by atoms with van der Waals surface area (Å²) in [6, 6.07) is 5.17. The molecule has 2 aromatic rings. The molecule has 1 heterocycles. The molecular weight excluding hydrogens is 352 g/mol. The molecule has 0 aliphatic carbocycles. The van der Waals surface area contributed by atoms with Crippen molar-refractivity contribution in [3.05, 3.63) is 51.6 Å². The first-order chi connectivity index (χ1) is 12.2. The van der Waals surface area contributed by atoms with Gasteiger partial charge in [-0.15, -0.1) is 0 Å². The molecule has 7 heteroatoms. The summed E-state index contributed by atoms with van der Waals surface area (Å²) in [6.07, 6.45) is 0.771. The number of halogens is 1. The Balaban J connectivity index is 2.40. The number of carbonyl (C=O) groups is 2. The number of carbonyl (C=O) groups excluding carboxylic acids is 2. The van der Waals surface area contributed by atoms with Gasteiger partial charge in [0.05, 0.1) is 11.4 Å². The largest absolute Gasteiger partial charge is 0.348 e. The van der Waals surface area contributed by atoms with Crippen LogP contribution in [0.3, 0.4) is 0 Å². The van der Waals surface area contributed by atoms with Gasteiger partial charge in [0.2, 0.25) is 0 Å². The van der Waals surface area contributed by atoms with Gasteiger partial charge in [-0.25, -0.2) is 9.97 Å². The van der Waals surface area contributed by atoms with Crippen molar-refractivity contribution in [3.8, 4) is 0 Å². The lowest BCUT2D eigenvalue weighted by molar-refractivity contribution is 0.0920. The van der Waals surface area contributed by atoms with E-state index >= 15 is 0 Å². The zero-order chi connectivity index (χ0) is 19.4. The van der Waals surface area contributed by atoms with Crippen molar-refractivity contribution < 1.29 is 9.59 Å². The quantitative estimate of drug-likeness (QED) is 0.832. The van der Waals surface area contributed by atoms with Crippen molar-refractivity contribution in [1.82, 2.24) is 15.3 Å². The Morgan fingerprint density at radius 2 is 1.65 bits per heavy atom. The van der Waals surface area contributed by atoms with E-state index < -0.39 is 11.8 Å². The number of hydrogen-bond donors (Lipinski definition) is 2. The molecule has 0 saturated carbocycles. The monoisotopic (exact) mass is 374 g/mol. The second-order valence-electron chi connectivity index (χ2n) is 6.29. The molecule has 0 aliphatic rings. The maximum Gasteiger partial charge on any atom is 0.276 e. The average Bonchev–Trinajstić information content (AvgIpc) is 2.59. The third-order valence-corrected chi connectivity index (χ3v) is 4.41. The molecule has 0 fully saturated rings. The topological polar surface area (TPSA) is 84.0 Å². The Bertz CT molecular complexity index is 852. The molecule has 0 radical (unpaired) electrons. The van der Waals surface area contributed by atoms with Gasteiger partial charge in [0.1, 0.15) is 0 Å². The zero-order valence-corrected chi connectivity index (χ0v) is 16.4. The number of hydrogen-bond acceptors (Lipinski definition) is 4. The minimum Gasteiger partial charge on any atom is -0.348 e. The molecule has 2 amide bonds. The van der Waals surface area contributed by atoms with E-state index in [9.17, 15) is 9.59 Å². The van der Waals surface area contributed by atoms with Crippen LogP contribution in [-0.2, 0) is 0 Å². The van der Waals surface area contributed by atoms with Crippen LogP contribution in [0.25, 0.3) is 0 Å². The number of benzene rings is 1. The minimum absolute atomic E-state index is 0.00622. The number of aromatic nitrogens is 2. The Labute approximate surface area is 158 Å². The first kappa shape index (κ1) is 19.8. The highest BCUT2D eigenvalue weighted by Gasteiger charge is 2.23. The molecule has 1 atom stereocenters. The van der Waals surface area contributed by atoms with Gasteiger partial charge in [-0.1, -0.05) is 24.6 Å². The Morgan fingerprint density at radius 1 is 1.08 bits per heavy atom. The van der Waals surface area contributed by atoms with E-state index in [0.29, 0.717) is 22.1 Å². The summed E-state index contributed by atoms with van der Waals surface area (Å²) in [5, 5.41) is 6.11. The average molecular weight is 375 g/mol. The van der Waals surface area contributed by atoms with Gasteiger partial charge in [0, 0.05) is 16.8 Å². The van der Waals surface area contributed by atoms with Gasteiger partial charge in [0.15, 0.2) is 11.4 Å². The highest BCUT2D eigenvalue weighted by atomic mass is 35.5. The summed E-state index contributed by atoms with van der Waals surface area (Å²) in [6.45, 7) is 9.22. The molecule has 6 nitrogen and oxygen atoms in total. The molecule has 1 aromatic heterocycles. The van der Waals surface area contributed by atoms with Crippen molar-refractivity contribution in [2.24, 2.45) is 0 Å². The summed E-state index contributed by atoms with van der Waals surface area (Å²) in [7, 11) is 0. The van der Waals surface area contributed by atoms with E-state index in [1.807, 2.05) is 20.8 Å². The van der Waals surface area contributed by atoms with E-state index in [0.717, 1.165) is 12.0 Å². The number of amides is 2. The summed E-state index contributed by atoms with van der Waals surface area (Å²) in [4.78, 5) is 34.0. The van der Waals surface area contributed by atoms with Crippen LogP contribution in [0.4, 0.5) is 5.69 Å². The van der Waals surface area contributed by atoms with Crippen LogP contribution in [-0.4, -0.2) is 27.8 Å². The van der Waals surface area contributed by atoms with Gasteiger partial charge in [-0.05, 0) is 51.8 Å². The van der Waals surface area contributed by atoms with Gasteiger partial charge in [-0.2, -0.15) is 0 Å². The standard InChI is InChI=1S/C19H23ClN4O2/c1-6-11(3)21-18(25)16-17(23-13(5)12(4)22-16)19(26)24-15-9-14(20)8-7-10(15)2/h7-9,11H,6H2,1-5H3,(H,21,25)(H,24,26)/t11-/m0/s1. The fourth-order valence-electron chi connectivity index (χ4n) is 2.22. The predicted molar refractivity (Wildman–Crippen MR) is 103 cm³/mol. The van der Waals surface area contributed by atoms with E-state index in [4.69, 9.17) is 11.6 Å². The van der Waals surface area contributed by atoms with Gasteiger partial charge >= 0.3 is 0 Å². The molecule has 0 bridgehead atoms. The fraction of sp³-hybridized carbons (Fsp3) is 0.368. The van der Waals surface area contributed by atoms with Gasteiger partial charge in [0.25, 0.3) is 11.8 Å². The van der Waals surface area contributed by atoms with Crippen molar-refractivity contribution in [3.63, 3.8) is 0 Å². The van der Waals surface area contributed by atoms with Gasteiger partial charge in [-0.3, -0.25) is 9.59 Å². The molecular formula is C19H23ClN4O2. The van der Waals surface area contributed by atoms with Crippen molar-refractivity contribution in [2.75, 3.05) is 5.32 Å². The molecule has 1 aromatic carbocycles. The van der Waals surface area contributed by atoms with Crippen LogP contribution in [0.1, 0.15) is 58.2 Å². The fourth-order valence-corrected chi connectivity index (χ4v) is 2.40. The van der Waals surface area contributed by atoms with Crippen LogP contribution in [0.5, 0.6) is 0 Å².